The lowest BCUT2D eigenvalue weighted by Gasteiger charge is -2.10. The van der Waals surface area contributed by atoms with Gasteiger partial charge in [-0.1, -0.05) is 30.0 Å². The first-order valence-electron chi connectivity index (χ1n) is 7.52. The maximum Gasteiger partial charge on any atom is 0.451 e. The molecule has 0 aliphatic heterocycles. The molecule has 0 N–H and O–H groups in total. The molecule has 0 aliphatic rings. The van der Waals surface area contributed by atoms with E-state index in [1.807, 2.05) is 0 Å². The number of alkyl halides is 3. The Morgan fingerprint density at radius 2 is 1.77 bits per heavy atom. The van der Waals surface area contributed by atoms with Crippen LogP contribution in [0.2, 0.25) is 0 Å². The molecule has 0 saturated heterocycles. The average molecular weight is 378 g/mol. The number of nitrogens with zero attached hydrogens (tertiary/aromatic N) is 2. The van der Waals surface area contributed by atoms with Gasteiger partial charge in [-0.15, -0.1) is 0 Å². The van der Waals surface area contributed by atoms with E-state index < -0.39 is 12.0 Å². The first-order chi connectivity index (χ1) is 12.4. The van der Waals surface area contributed by atoms with Crippen LogP contribution in [0.1, 0.15) is 16.2 Å². The van der Waals surface area contributed by atoms with E-state index >= 15 is 0 Å². The van der Waals surface area contributed by atoms with Gasteiger partial charge >= 0.3 is 6.18 Å². The Morgan fingerprint density at radius 3 is 2.42 bits per heavy atom. The number of fused-ring (bicyclic) bond motifs is 1. The number of rotatable bonds is 5. The monoisotopic (exact) mass is 378 g/mol. The van der Waals surface area contributed by atoms with Gasteiger partial charge in [0.25, 0.3) is 0 Å². The number of thioether (sulfide) groups is 1. The van der Waals surface area contributed by atoms with Gasteiger partial charge in [-0.2, -0.15) is 13.2 Å². The van der Waals surface area contributed by atoms with E-state index in [0.29, 0.717) is 16.7 Å². The number of Topliss-reactive ketones (excluding diaryl/α,β-unsaturated/α-hetero) is 1. The van der Waals surface area contributed by atoms with Gasteiger partial charge in [-0.05, 0) is 30.3 Å². The number of aromatic nitrogens is 2. The van der Waals surface area contributed by atoms with Gasteiger partial charge in [-0.3, -0.25) is 4.79 Å². The molecule has 0 bridgehead atoms. The van der Waals surface area contributed by atoms with E-state index in [1.54, 1.807) is 42.5 Å². The van der Waals surface area contributed by atoms with Gasteiger partial charge in [0.1, 0.15) is 10.8 Å². The smallest absolute Gasteiger partial charge is 0.451 e. The topological polar surface area (TPSA) is 52.1 Å². The fraction of sp³-hybridized carbons (Fsp3) is 0.167. The summed E-state index contributed by atoms with van der Waals surface area (Å²) >= 11 is 0.961. The fourth-order valence-corrected chi connectivity index (χ4v) is 3.19. The third-order valence-corrected chi connectivity index (χ3v) is 4.56. The van der Waals surface area contributed by atoms with Crippen molar-refractivity contribution >= 4 is 28.4 Å². The van der Waals surface area contributed by atoms with Crippen LogP contribution < -0.4 is 4.74 Å². The summed E-state index contributed by atoms with van der Waals surface area (Å²) in [5.74, 6) is -0.847. The summed E-state index contributed by atoms with van der Waals surface area (Å²) in [5.41, 5.74) is 0.641. The number of para-hydroxylation sites is 1. The second-order valence-corrected chi connectivity index (χ2v) is 6.27. The minimum Gasteiger partial charge on any atom is -0.497 e. The number of hydrogen-bond donors (Lipinski definition) is 0. The Hall–Kier alpha value is -2.61. The largest absolute Gasteiger partial charge is 0.497 e. The Morgan fingerprint density at radius 1 is 1.08 bits per heavy atom. The number of ketones is 1. The Labute approximate surface area is 151 Å². The van der Waals surface area contributed by atoms with E-state index in [1.165, 1.54) is 13.2 Å². The predicted molar refractivity (Wildman–Crippen MR) is 92.6 cm³/mol. The molecule has 134 valence electrons. The minimum absolute atomic E-state index is 0.0371. The summed E-state index contributed by atoms with van der Waals surface area (Å²) in [4.78, 5) is 19.5. The van der Waals surface area contributed by atoms with Crippen LogP contribution >= 0.6 is 11.8 Å². The second-order valence-electron chi connectivity index (χ2n) is 5.31. The molecule has 0 spiro atoms. The molecule has 0 fully saturated rings. The lowest BCUT2D eigenvalue weighted by molar-refractivity contribution is -0.145. The van der Waals surface area contributed by atoms with Crippen molar-refractivity contribution in [2.45, 2.75) is 11.2 Å². The maximum absolute atomic E-state index is 13.0. The van der Waals surface area contributed by atoms with Crippen molar-refractivity contribution in [2.24, 2.45) is 0 Å². The predicted octanol–water partition coefficient (Wildman–Crippen LogP) is 4.63. The number of ether oxygens (including phenoxy) is 1. The van der Waals surface area contributed by atoms with Crippen molar-refractivity contribution in [3.05, 3.63) is 59.9 Å². The van der Waals surface area contributed by atoms with Crippen LogP contribution in [0.4, 0.5) is 13.2 Å². The Bertz CT molecular complexity index is 943. The fourth-order valence-electron chi connectivity index (χ4n) is 2.28. The van der Waals surface area contributed by atoms with Crippen molar-refractivity contribution in [1.29, 1.82) is 0 Å². The number of halogens is 3. The molecule has 26 heavy (non-hydrogen) atoms. The van der Waals surface area contributed by atoms with Crippen LogP contribution in [0.5, 0.6) is 5.75 Å². The summed E-state index contributed by atoms with van der Waals surface area (Å²) in [6.45, 7) is 0. The van der Waals surface area contributed by atoms with Crippen LogP contribution in [0.3, 0.4) is 0 Å². The normalized spacial score (nSPS) is 11.5. The minimum atomic E-state index is -4.65. The lowest BCUT2D eigenvalue weighted by atomic mass is 10.1. The number of carbonyl (C=O) groups is 1. The number of hydrogen-bond acceptors (Lipinski definition) is 5. The van der Waals surface area contributed by atoms with Crippen LogP contribution in [0, 0.1) is 0 Å². The highest BCUT2D eigenvalue weighted by atomic mass is 32.2. The average Bonchev–Trinajstić information content (AvgIpc) is 2.65. The van der Waals surface area contributed by atoms with Gasteiger partial charge in [0.2, 0.25) is 5.82 Å². The van der Waals surface area contributed by atoms with Crippen molar-refractivity contribution in [3.63, 3.8) is 0 Å². The third-order valence-electron chi connectivity index (χ3n) is 3.57. The molecule has 3 aromatic rings. The summed E-state index contributed by atoms with van der Waals surface area (Å²) in [6.07, 6.45) is -4.65. The van der Waals surface area contributed by atoms with E-state index in [0.717, 1.165) is 11.8 Å². The Balaban J connectivity index is 1.86. The van der Waals surface area contributed by atoms with E-state index in [2.05, 4.69) is 9.97 Å². The first kappa shape index (κ1) is 18.2. The zero-order chi connectivity index (χ0) is 18.7. The Kier molecular flexibility index (Phi) is 5.13. The van der Waals surface area contributed by atoms with Gasteiger partial charge < -0.3 is 4.74 Å². The zero-order valence-electron chi connectivity index (χ0n) is 13.6. The highest BCUT2D eigenvalue weighted by Crippen LogP contribution is 2.32. The molecular formula is C18H13F3N2O2S. The van der Waals surface area contributed by atoms with Crippen LogP contribution in [0.25, 0.3) is 10.9 Å². The SMILES string of the molecule is COc1ccc(C(=O)CSc2nc(C(F)(F)F)nc3ccccc23)cc1. The first-order valence-corrected chi connectivity index (χ1v) is 8.51. The highest BCUT2D eigenvalue weighted by Gasteiger charge is 2.35. The molecule has 8 heteroatoms. The second kappa shape index (κ2) is 7.33. The van der Waals surface area contributed by atoms with Gasteiger partial charge in [-0.25, -0.2) is 9.97 Å². The zero-order valence-corrected chi connectivity index (χ0v) is 14.4. The standard InChI is InChI=1S/C18H13F3N2O2S/c1-25-12-8-6-11(7-9-12)15(24)10-26-16-13-4-2-3-5-14(13)22-17(23-16)18(19,20)21/h2-9H,10H2,1H3. The van der Waals surface area contributed by atoms with Crippen molar-refractivity contribution in [1.82, 2.24) is 9.97 Å². The molecule has 0 radical (unpaired) electrons. The van der Waals surface area contributed by atoms with E-state index in [-0.39, 0.29) is 22.1 Å². The van der Waals surface area contributed by atoms with Crippen LogP contribution in [-0.2, 0) is 6.18 Å². The molecule has 0 unspecified atom stereocenters. The molecule has 0 aliphatic carbocycles. The highest BCUT2D eigenvalue weighted by molar-refractivity contribution is 8.00. The van der Waals surface area contributed by atoms with Crippen LogP contribution in [-0.4, -0.2) is 28.6 Å². The molecule has 0 amide bonds. The van der Waals surface area contributed by atoms with Crippen molar-refractivity contribution < 1.29 is 22.7 Å². The third kappa shape index (κ3) is 3.96. The molecule has 3 rings (SSSR count). The molecule has 2 aromatic carbocycles. The summed E-state index contributed by atoms with van der Waals surface area (Å²) in [6, 6.07) is 12.9. The van der Waals surface area contributed by atoms with E-state index in [9.17, 15) is 18.0 Å². The molecule has 1 aromatic heterocycles. The number of carbonyl (C=O) groups excluding carboxylic acids is 1. The lowest BCUT2D eigenvalue weighted by Crippen LogP contribution is -2.12. The maximum atomic E-state index is 13.0. The van der Waals surface area contributed by atoms with Gasteiger partial charge in [0.15, 0.2) is 5.78 Å². The molecule has 0 atom stereocenters. The quantitative estimate of drug-likeness (QED) is 0.368. The number of methoxy groups -OCH3 is 1. The summed E-state index contributed by atoms with van der Waals surface area (Å²) in [7, 11) is 1.52. The van der Waals surface area contributed by atoms with Crippen molar-refractivity contribution in [3.8, 4) is 5.75 Å². The molecule has 1 heterocycles. The molecular weight excluding hydrogens is 365 g/mol. The molecule has 4 nitrogen and oxygen atoms in total. The van der Waals surface area contributed by atoms with Gasteiger partial charge in [0, 0.05) is 10.9 Å². The van der Waals surface area contributed by atoms with Gasteiger partial charge in [0.05, 0.1) is 18.4 Å². The van der Waals surface area contributed by atoms with Crippen molar-refractivity contribution in [2.75, 3.05) is 12.9 Å². The summed E-state index contributed by atoms with van der Waals surface area (Å²) < 4.78 is 44.1. The summed E-state index contributed by atoms with van der Waals surface area (Å²) in [5, 5.41) is 0.609. The molecule has 0 saturated carbocycles. The van der Waals surface area contributed by atoms with Crippen LogP contribution in [0.15, 0.2) is 53.6 Å². The number of benzene rings is 2. The van der Waals surface area contributed by atoms with E-state index in [4.69, 9.17) is 4.74 Å².